The Morgan fingerprint density at radius 3 is 2.64 bits per heavy atom. The third kappa shape index (κ3) is 2.79. The molecular weight excluding hydrogens is 286 g/mol. The van der Waals surface area contributed by atoms with Gasteiger partial charge in [-0.1, -0.05) is 6.92 Å². The van der Waals surface area contributed by atoms with Gasteiger partial charge in [0.05, 0.1) is 3.79 Å². The van der Waals surface area contributed by atoms with Crippen molar-refractivity contribution in [2.24, 2.45) is 0 Å². The normalized spacial score (nSPS) is 11.9. The minimum Gasteiger partial charge on any atom is -0.210 e. The molecule has 0 bridgehead atoms. The Kier molecular flexibility index (Phi) is 4.12. The topological polar surface area (TPSA) is 46.2 Å². The second-order valence-electron chi connectivity index (χ2n) is 2.92. The van der Waals surface area contributed by atoms with Gasteiger partial charge in [-0.3, -0.25) is 0 Å². The Morgan fingerprint density at radius 2 is 2.21 bits per heavy atom. The number of hydrogen-bond donors (Lipinski definition) is 1. The number of hydrogen-bond acceptors (Lipinski definition) is 3. The van der Waals surface area contributed by atoms with E-state index in [1.165, 1.54) is 11.3 Å². The second kappa shape index (κ2) is 4.74. The molecule has 0 unspecified atom stereocenters. The zero-order valence-electron chi connectivity index (χ0n) is 8.00. The van der Waals surface area contributed by atoms with Crippen LogP contribution in [0.5, 0.6) is 0 Å². The third-order valence-corrected chi connectivity index (χ3v) is 5.71. The molecular formula is C8H12BrNO2S2. The number of halogens is 1. The first-order valence-electron chi connectivity index (χ1n) is 4.23. The Morgan fingerprint density at radius 1 is 1.57 bits per heavy atom. The SMILES string of the molecule is CCCNS(=O)(=O)c1cc(C)c(Br)s1. The molecule has 0 amide bonds. The molecule has 0 fully saturated rings. The zero-order chi connectivity index (χ0) is 10.8. The molecule has 0 aliphatic carbocycles. The van der Waals surface area contributed by atoms with E-state index in [9.17, 15) is 8.42 Å². The fourth-order valence-corrected chi connectivity index (χ4v) is 4.28. The van der Waals surface area contributed by atoms with Gasteiger partial charge in [0.2, 0.25) is 10.0 Å². The lowest BCUT2D eigenvalue weighted by molar-refractivity contribution is 0.583. The Labute approximate surface area is 96.7 Å². The minimum absolute atomic E-state index is 0.371. The highest BCUT2D eigenvalue weighted by Crippen LogP contribution is 2.30. The van der Waals surface area contributed by atoms with Gasteiger partial charge in [0, 0.05) is 6.54 Å². The van der Waals surface area contributed by atoms with Crippen molar-refractivity contribution in [2.75, 3.05) is 6.54 Å². The van der Waals surface area contributed by atoms with E-state index >= 15 is 0 Å². The number of rotatable bonds is 4. The molecule has 80 valence electrons. The van der Waals surface area contributed by atoms with E-state index in [0.717, 1.165) is 15.8 Å². The Balaban J connectivity index is 2.93. The van der Waals surface area contributed by atoms with Crippen molar-refractivity contribution >= 4 is 37.3 Å². The number of sulfonamides is 1. The van der Waals surface area contributed by atoms with E-state index in [0.29, 0.717) is 10.8 Å². The largest absolute Gasteiger partial charge is 0.250 e. The quantitative estimate of drug-likeness (QED) is 0.928. The van der Waals surface area contributed by atoms with Gasteiger partial charge in [0.1, 0.15) is 4.21 Å². The molecule has 0 aliphatic rings. The Hall–Kier alpha value is 0.0900. The summed E-state index contributed by atoms with van der Waals surface area (Å²) in [6.07, 6.45) is 0.796. The number of thiophene rings is 1. The maximum atomic E-state index is 11.6. The van der Waals surface area contributed by atoms with Crippen molar-refractivity contribution in [1.82, 2.24) is 4.72 Å². The standard InChI is InChI=1S/C8H12BrNO2S2/c1-3-4-10-14(11,12)7-5-6(2)8(9)13-7/h5,10H,3-4H2,1-2H3. The van der Waals surface area contributed by atoms with Crippen molar-refractivity contribution in [1.29, 1.82) is 0 Å². The predicted molar refractivity (Wildman–Crippen MR) is 62.2 cm³/mol. The first-order valence-corrected chi connectivity index (χ1v) is 7.32. The molecule has 3 nitrogen and oxygen atoms in total. The van der Waals surface area contributed by atoms with Crippen molar-refractivity contribution in [3.63, 3.8) is 0 Å². The van der Waals surface area contributed by atoms with E-state index in [4.69, 9.17) is 0 Å². The molecule has 0 radical (unpaired) electrons. The molecule has 0 spiro atoms. The minimum atomic E-state index is -3.29. The number of aryl methyl sites for hydroxylation is 1. The van der Waals surface area contributed by atoms with Crippen LogP contribution in [0, 0.1) is 6.92 Å². The van der Waals surface area contributed by atoms with E-state index < -0.39 is 10.0 Å². The maximum absolute atomic E-state index is 11.6. The van der Waals surface area contributed by atoms with Crippen LogP contribution in [0.2, 0.25) is 0 Å². The van der Waals surface area contributed by atoms with Gasteiger partial charge in [-0.2, -0.15) is 0 Å². The molecule has 14 heavy (non-hydrogen) atoms. The van der Waals surface area contributed by atoms with Gasteiger partial charge in [0.25, 0.3) is 0 Å². The summed E-state index contributed by atoms with van der Waals surface area (Å²) in [7, 11) is -3.29. The van der Waals surface area contributed by atoms with Gasteiger partial charge in [0.15, 0.2) is 0 Å². The highest BCUT2D eigenvalue weighted by Gasteiger charge is 2.16. The van der Waals surface area contributed by atoms with Gasteiger partial charge < -0.3 is 0 Å². The Bertz CT molecular complexity index is 391. The first-order chi connectivity index (χ1) is 6.47. The molecule has 0 saturated carbocycles. The summed E-state index contributed by atoms with van der Waals surface area (Å²) in [6.45, 7) is 4.29. The van der Waals surface area contributed by atoms with Crippen LogP contribution in [-0.4, -0.2) is 15.0 Å². The first kappa shape index (κ1) is 12.2. The smallest absolute Gasteiger partial charge is 0.210 e. The summed E-state index contributed by atoms with van der Waals surface area (Å²) in [4.78, 5) is 0. The average Bonchev–Trinajstić information content (AvgIpc) is 2.45. The van der Waals surface area contributed by atoms with E-state index in [1.54, 1.807) is 6.07 Å². The molecule has 0 atom stereocenters. The van der Waals surface area contributed by atoms with Gasteiger partial charge in [-0.15, -0.1) is 11.3 Å². The van der Waals surface area contributed by atoms with Gasteiger partial charge in [-0.25, -0.2) is 13.1 Å². The van der Waals surface area contributed by atoms with Crippen LogP contribution in [0.25, 0.3) is 0 Å². The van der Waals surface area contributed by atoms with Crippen molar-refractivity contribution in [2.45, 2.75) is 24.5 Å². The highest BCUT2D eigenvalue weighted by molar-refractivity contribution is 9.11. The van der Waals surface area contributed by atoms with Crippen LogP contribution >= 0.6 is 27.3 Å². The van der Waals surface area contributed by atoms with Gasteiger partial charge >= 0.3 is 0 Å². The van der Waals surface area contributed by atoms with Gasteiger partial charge in [-0.05, 0) is 40.9 Å². The molecule has 0 saturated heterocycles. The molecule has 0 aromatic carbocycles. The number of nitrogens with one attached hydrogen (secondary N) is 1. The predicted octanol–water partition coefficient (Wildman–Crippen LogP) is 2.51. The highest BCUT2D eigenvalue weighted by atomic mass is 79.9. The molecule has 1 aromatic heterocycles. The molecule has 1 aromatic rings. The summed E-state index contributed by atoms with van der Waals surface area (Å²) in [6, 6.07) is 1.67. The summed E-state index contributed by atoms with van der Waals surface area (Å²) in [5.74, 6) is 0. The van der Waals surface area contributed by atoms with Crippen LogP contribution in [-0.2, 0) is 10.0 Å². The van der Waals surface area contributed by atoms with Crippen molar-refractivity contribution in [3.8, 4) is 0 Å². The van der Waals surface area contributed by atoms with E-state index in [2.05, 4.69) is 20.7 Å². The summed E-state index contributed by atoms with van der Waals surface area (Å²) < 4.78 is 27.0. The van der Waals surface area contributed by atoms with Crippen LogP contribution in [0.3, 0.4) is 0 Å². The third-order valence-electron chi connectivity index (χ3n) is 1.64. The van der Waals surface area contributed by atoms with Crippen LogP contribution in [0.1, 0.15) is 18.9 Å². The summed E-state index contributed by atoms with van der Waals surface area (Å²) in [5, 5.41) is 0. The lowest BCUT2D eigenvalue weighted by Crippen LogP contribution is -2.23. The fourth-order valence-electron chi connectivity index (χ4n) is 0.872. The van der Waals surface area contributed by atoms with Crippen molar-refractivity contribution in [3.05, 3.63) is 15.4 Å². The lowest BCUT2D eigenvalue weighted by atomic mass is 10.4. The van der Waals surface area contributed by atoms with E-state index in [1.807, 2.05) is 13.8 Å². The molecule has 1 N–H and O–H groups in total. The lowest BCUT2D eigenvalue weighted by Gasteiger charge is -2.01. The monoisotopic (exact) mass is 297 g/mol. The maximum Gasteiger partial charge on any atom is 0.250 e. The summed E-state index contributed by atoms with van der Waals surface area (Å²) in [5.41, 5.74) is 0.951. The van der Waals surface area contributed by atoms with Crippen LogP contribution in [0.15, 0.2) is 14.1 Å². The van der Waals surface area contributed by atoms with Crippen molar-refractivity contribution < 1.29 is 8.42 Å². The molecule has 0 aliphatic heterocycles. The second-order valence-corrected chi connectivity index (χ2v) is 7.28. The van der Waals surface area contributed by atoms with E-state index in [-0.39, 0.29) is 0 Å². The molecule has 1 rings (SSSR count). The zero-order valence-corrected chi connectivity index (χ0v) is 11.2. The molecule has 1 heterocycles. The van der Waals surface area contributed by atoms with Crippen LogP contribution in [0.4, 0.5) is 0 Å². The summed E-state index contributed by atoms with van der Waals surface area (Å²) >= 11 is 4.54. The molecule has 6 heteroatoms. The van der Waals surface area contributed by atoms with Crippen LogP contribution < -0.4 is 4.72 Å². The fraction of sp³-hybridized carbons (Fsp3) is 0.500. The average molecular weight is 298 g/mol.